The van der Waals surface area contributed by atoms with Crippen LogP contribution in [0.15, 0.2) is 18.2 Å². The Morgan fingerprint density at radius 2 is 2.20 bits per heavy atom. The van der Waals surface area contributed by atoms with Gasteiger partial charge in [-0.15, -0.1) is 0 Å². The highest BCUT2D eigenvalue weighted by molar-refractivity contribution is 5.78. The highest BCUT2D eigenvalue weighted by Gasteiger charge is 2.27. The summed E-state index contributed by atoms with van der Waals surface area (Å²) in [6.45, 7) is 4.80. The van der Waals surface area contributed by atoms with Gasteiger partial charge in [0.05, 0.1) is 5.92 Å². The van der Waals surface area contributed by atoms with Crippen LogP contribution in [0, 0.1) is 12.8 Å². The van der Waals surface area contributed by atoms with Gasteiger partial charge >= 0.3 is 0 Å². The summed E-state index contributed by atoms with van der Waals surface area (Å²) < 4.78 is 0. The molecule has 0 radical (unpaired) electrons. The molecular weight excluding hydrogens is 250 g/mol. The Labute approximate surface area is 120 Å². The van der Waals surface area contributed by atoms with Crippen LogP contribution in [0.1, 0.15) is 30.4 Å². The molecule has 1 aromatic rings. The van der Waals surface area contributed by atoms with Crippen LogP contribution in [0.2, 0.25) is 0 Å². The zero-order valence-corrected chi connectivity index (χ0v) is 12.1. The van der Waals surface area contributed by atoms with Crippen LogP contribution in [0.5, 0.6) is 0 Å². The number of rotatable bonds is 5. The van der Waals surface area contributed by atoms with Crippen molar-refractivity contribution < 1.29 is 4.79 Å². The van der Waals surface area contributed by atoms with E-state index in [9.17, 15) is 4.79 Å². The minimum atomic E-state index is -0.172. The third kappa shape index (κ3) is 2.96. The van der Waals surface area contributed by atoms with Gasteiger partial charge in [-0.2, -0.15) is 0 Å². The normalized spacial score (nSPS) is 22.2. The molecule has 0 bridgehead atoms. The van der Waals surface area contributed by atoms with Crippen LogP contribution in [-0.2, 0) is 11.3 Å². The first-order chi connectivity index (χ1) is 9.63. The van der Waals surface area contributed by atoms with E-state index in [1.54, 1.807) is 0 Å². The molecule has 1 heterocycles. The molecule has 2 fully saturated rings. The summed E-state index contributed by atoms with van der Waals surface area (Å²) in [4.78, 5) is 13.5. The number of benzene rings is 1. The van der Waals surface area contributed by atoms with Gasteiger partial charge in [0.25, 0.3) is 0 Å². The fourth-order valence-corrected chi connectivity index (χ4v) is 2.84. The maximum atomic E-state index is 11.2. The average molecular weight is 273 g/mol. The summed E-state index contributed by atoms with van der Waals surface area (Å²) in [5.41, 5.74) is 9.29. The Morgan fingerprint density at radius 3 is 2.80 bits per heavy atom. The molecule has 108 valence electrons. The molecular formula is C16H23N3O. The Bertz CT molecular complexity index is 510. The summed E-state index contributed by atoms with van der Waals surface area (Å²) >= 11 is 0. The predicted octanol–water partition coefficient (Wildman–Crippen LogP) is 1.56. The summed E-state index contributed by atoms with van der Waals surface area (Å²) in [7, 11) is 0. The zero-order chi connectivity index (χ0) is 14.1. The lowest BCUT2D eigenvalue weighted by molar-refractivity contribution is -0.121. The predicted molar refractivity (Wildman–Crippen MR) is 80.6 cm³/mol. The van der Waals surface area contributed by atoms with Crippen LogP contribution in [-0.4, -0.2) is 25.0 Å². The maximum Gasteiger partial charge on any atom is 0.222 e. The number of nitrogens with one attached hydrogen (secondary N) is 1. The molecule has 0 aromatic heterocycles. The van der Waals surface area contributed by atoms with Crippen molar-refractivity contribution in [2.24, 2.45) is 11.7 Å². The number of nitrogens with zero attached hydrogens (tertiary/aromatic N) is 1. The first-order valence-corrected chi connectivity index (χ1v) is 7.50. The number of anilines is 1. The van der Waals surface area contributed by atoms with E-state index >= 15 is 0 Å². The molecule has 1 aromatic carbocycles. The summed E-state index contributed by atoms with van der Waals surface area (Å²) in [5.74, 6) is -0.166. The fraction of sp³-hybridized carbons (Fsp3) is 0.562. The van der Waals surface area contributed by atoms with Crippen molar-refractivity contribution >= 4 is 11.6 Å². The number of amides is 1. The molecule has 20 heavy (non-hydrogen) atoms. The Morgan fingerprint density at radius 1 is 1.40 bits per heavy atom. The van der Waals surface area contributed by atoms with Gasteiger partial charge in [-0.25, -0.2) is 0 Å². The van der Waals surface area contributed by atoms with Gasteiger partial charge in [0.15, 0.2) is 0 Å². The van der Waals surface area contributed by atoms with E-state index in [2.05, 4.69) is 35.3 Å². The lowest BCUT2D eigenvalue weighted by atomic mass is 10.1. The van der Waals surface area contributed by atoms with E-state index in [4.69, 9.17) is 5.73 Å². The van der Waals surface area contributed by atoms with Gasteiger partial charge in [-0.3, -0.25) is 4.79 Å². The molecule has 0 spiro atoms. The second-order valence-corrected chi connectivity index (χ2v) is 6.10. The van der Waals surface area contributed by atoms with E-state index in [1.165, 1.54) is 29.7 Å². The van der Waals surface area contributed by atoms with Crippen LogP contribution in [0.3, 0.4) is 0 Å². The minimum Gasteiger partial charge on any atom is -0.371 e. The Hall–Kier alpha value is -1.55. The molecule has 4 heteroatoms. The van der Waals surface area contributed by atoms with Crippen molar-refractivity contribution in [2.75, 3.05) is 18.0 Å². The maximum absolute atomic E-state index is 11.2. The standard InChI is InChI=1S/C16H23N3O/c1-11-8-15(19-7-6-13(10-19)16(17)20)5-2-12(11)9-18-14-3-4-14/h2,5,8,13-14,18H,3-4,6-7,9-10H2,1H3,(H2,17,20). The Balaban J connectivity index is 1.65. The number of hydrogen-bond donors (Lipinski definition) is 2. The third-order valence-corrected chi connectivity index (χ3v) is 4.44. The lowest BCUT2D eigenvalue weighted by Gasteiger charge is -2.20. The van der Waals surface area contributed by atoms with Gasteiger partial charge < -0.3 is 16.0 Å². The van der Waals surface area contributed by atoms with Gasteiger partial charge in [0.1, 0.15) is 0 Å². The zero-order valence-electron chi connectivity index (χ0n) is 12.1. The number of carbonyl (C=O) groups is 1. The fourth-order valence-electron chi connectivity index (χ4n) is 2.84. The topological polar surface area (TPSA) is 58.4 Å². The molecule has 3 N–H and O–H groups in total. The SMILES string of the molecule is Cc1cc(N2CCC(C(N)=O)C2)ccc1CNC1CC1. The van der Waals surface area contributed by atoms with Crippen LogP contribution < -0.4 is 16.0 Å². The van der Waals surface area contributed by atoms with Crippen molar-refractivity contribution in [3.8, 4) is 0 Å². The van der Waals surface area contributed by atoms with E-state index in [-0.39, 0.29) is 11.8 Å². The highest BCUT2D eigenvalue weighted by Crippen LogP contribution is 2.26. The van der Waals surface area contributed by atoms with Crippen LogP contribution >= 0.6 is 0 Å². The van der Waals surface area contributed by atoms with Crippen molar-refractivity contribution in [3.63, 3.8) is 0 Å². The Kier molecular flexibility index (Phi) is 3.66. The monoisotopic (exact) mass is 273 g/mol. The molecule has 3 rings (SSSR count). The summed E-state index contributed by atoms with van der Waals surface area (Å²) in [6, 6.07) is 7.34. The summed E-state index contributed by atoms with van der Waals surface area (Å²) in [6.07, 6.45) is 3.51. The molecule has 2 aliphatic rings. The molecule has 1 aliphatic carbocycles. The van der Waals surface area contributed by atoms with Crippen LogP contribution in [0.25, 0.3) is 0 Å². The number of primary amides is 1. The molecule has 1 unspecified atom stereocenters. The average Bonchev–Trinajstić information content (AvgIpc) is 3.11. The first kappa shape index (κ1) is 13.4. The third-order valence-electron chi connectivity index (χ3n) is 4.44. The minimum absolute atomic E-state index is 0.00603. The number of hydrogen-bond acceptors (Lipinski definition) is 3. The van der Waals surface area contributed by atoms with E-state index in [0.29, 0.717) is 0 Å². The van der Waals surface area contributed by atoms with E-state index < -0.39 is 0 Å². The molecule has 1 atom stereocenters. The first-order valence-electron chi connectivity index (χ1n) is 7.50. The molecule has 1 saturated carbocycles. The van der Waals surface area contributed by atoms with Crippen molar-refractivity contribution in [3.05, 3.63) is 29.3 Å². The van der Waals surface area contributed by atoms with Crippen LogP contribution in [0.4, 0.5) is 5.69 Å². The van der Waals surface area contributed by atoms with E-state index in [0.717, 1.165) is 32.1 Å². The van der Waals surface area contributed by atoms with Crippen molar-refractivity contribution in [2.45, 2.75) is 38.8 Å². The van der Waals surface area contributed by atoms with Crippen molar-refractivity contribution in [1.29, 1.82) is 0 Å². The molecule has 1 saturated heterocycles. The number of carbonyl (C=O) groups excluding carboxylic acids is 1. The van der Waals surface area contributed by atoms with E-state index in [1.807, 2.05) is 0 Å². The second kappa shape index (κ2) is 5.44. The number of nitrogens with two attached hydrogens (primary N) is 1. The second-order valence-electron chi connectivity index (χ2n) is 6.10. The quantitative estimate of drug-likeness (QED) is 0.856. The van der Waals surface area contributed by atoms with Crippen molar-refractivity contribution in [1.82, 2.24) is 5.32 Å². The smallest absolute Gasteiger partial charge is 0.222 e. The van der Waals surface area contributed by atoms with Gasteiger partial charge in [-0.05, 0) is 49.4 Å². The lowest BCUT2D eigenvalue weighted by Crippen LogP contribution is -2.27. The van der Waals surface area contributed by atoms with Gasteiger partial charge in [-0.1, -0.05) is 6.07 Å². The van der Waals surface area contributed by atoms with Gasteiger partial charge in [0.2, 0.25) is 5.91 Å². The molecule has 1 amide bonds. The van der Waals surface area contributed by atoms with Gasteiger partial charge in [0, 0.05) is 31.4 Å². The highest BCUT2D eigenvalue weighted by atomic mass is 16.1. The molecule has 4 nitrogen and oxygen atoms in total. The largest absolute Gasteiger partial charge is 0.371 e. The molecule has 1 aliphatic heterocycles. The summed E-state index contributed by atoms with van der Waals surface area (Å²) in [5, 5.41) is 3.55. The number of aryl methyl sites for hydroxylation is 1.